The van der Waals surface area contributed by atoms with E-state index in [0.29, 0.717) is 5.56 Å². The molecule has 2 nitrogen and oxygen atoms in total. The van der Waals surface area contributed by atoms with E-state index in [1.54, 1.807) is 24.3 Å². The maximum Gasteiger partial charge on any atom is 0.339 e. The predicted molar refractivity (Wildman–Crippen MR) is 77.0 cm³/mol. The number of carbonyl (C=O) groups is 1. The topological polar surface area (TPSA) is 26.3 Å². The molecule has 0 N–H and O–H groups in total. The second kappa shape index (κ2) is 5.45. The molecule has 0 unspecified atom stereocenters. The normalized spacial score (nSPS) is 11.2. The van der Waals surface area contributed by atoms with Gasteiger partial charge in [0.2, 0.25) is 0 Å². The molecule has 0 radical (unpaired) electrons. The molecule has 3 heteroatoms. The number of ether oxygens (including phenoxy) is 1. The van der Waals surface area contributed by atoms with Crippen LogP contribution in [0.25, 0.3) is 11.1 Å². The lowest BCUT2D eigenvalue weighted by Crippen LogP contribution is -2.24. The van der Waals surface area contributed by atoms with Gasteiger partial charge in [0.1, 0.15) is 11.4 Å². The molecule has 0 aromatic heterocycles. The van der Waals surface area contributed by atoms with Crippen molar-refractivity contribution in [2.24, 2.45) is 0 Å². The van der Waals surface area contributed by atoms with E-state index in [9.17, 15) is 9.18 Å². The molecule has 0 spiro atoms. The lowest BCUT2D eigenvalue weighted by molar-refractivity contribution is 0.00705. The summed E-state index contributed by atoms with van der Waals surface area (Å²) in [5.74, 6) is -0.680. The van der Waals surface area contributed by atoms with Crippen LogP contribution in [0.5, 0.6) is 0 Å². The van der Waals surface area contributed by atoms with Crippen LogP contribution in [0.15, 0.2) is 48.5 Å². The molecule has 0 saturated carbocycles. The second-order valence-corrected chi connectivity index (χ2v) is 5.55. The molecule has 20 heavy (non-hydrogen) atoms. The van der Waals surface area contributed by atoms with E-state index in [1.807, 2.05) is 32.9 Å². The third kappa shape index (κ3) is 3.44. The lowest BCUT2D eigenvalue weighted by atomic mass is 9.99. The van der Waals surface area contributed by atoms with Crippen molar-refractivity contribution in [1.82, 2.24) is 0 Å². The first-order valence-electron chi connectivity index (χ1n) is 6.45. The molecule has 0 bridgehead atoms. The van der Waals surface area contributed by atoms with Gasteiger partial charge in [-0.25, -0.2) is 9.18 Å². The zero-order valence-corrected chi connectivity index (χ0v) is 11.8. The largest absolute Gasteiger partial charge is 0.456 e. The zero-order valence-electron chi connectivity index (χ0n) is 11.8. The summed E-state index contributed by atoms with van der Waals surface area (Å²) in [7, 11) is 0. The highest BCUT2D eigenvalue weighted by Crippen LogP contribution is 2.25. The Kier molecular flexibility index (Phi) is 3.89. The number of benzene rings is 2. The van der Waals surface area contributed by atoms with Crippen molar-refractivity contribution in [3.63, 3.8) is 0 Å². The Morgan fingerprint density at radius 2 is 1.60 bits per heavy atom. The van der Waals surface area contributed by atoms with Gasteiger partial charge in [-0.05, 0) is 50.1 Å². The fourth-order valence-electron chi connectivity index (χ4n) is 1.88. The number of hydrogen-bond donors (Lipinski definition) is 0. The van der Waals surface area contributed by atoms with Crippen molar-refractivity contribution in [3.8, 4) is 11.1 Å². The smallest absolute Gasteiger partial charge is 0.339 e. The summed E-state index contributed by atoms with van der Waals surface area (Å²) in [6.07, 6.45) is 0. The summed E-state index contributed by atoms with van der Waals surface area (Å²) < 4.78 is 18.4. The van der Waals surface area contributed by atoms with Crippen molar-refractivity contribution < 1.29 is 13.9 Å². The van der Waals surface area contributed by atoms with E-state index in [-0.39, 0.29) is 11.8 Å². The van der Waals surface area contributed by atoms with Gasteiger partial charge in [0.25, 0.3) is 0 Å². The highest BCUT2D eigenvalue weighted by molar-refractivity contribution is 5.97. The highest BCUT2D eigenvalue weighted by atomic mass is 19.1. The van der Waals surface area contributed by atoms with Crippen LogP contribution in [-0.2, 0) is 4.74 Å². The first-order valence-corrected chi connectivity index (χ1v) is 6.45. The average Bonchev–Trinajstić information content (AvgIpc) is 2.38. The molecule has 104 valence electrons. The van der Waals surface area contributed by atoms with E-state index >= 15 is 0 Å². The van der Waals surface area contributed by atoms with Crippen LogP contribution >= 0.6 is 0 Å². The van der Waals surface area contributed by atoms with E-state index in [1.165, 1.54) is 12.1 Å². The second-order valence-electron chi connectivity index (χ2n) is 5.55. The summed E-state index contributed by atoms with van der Waals surface area (Å²) in [6, 6.07) is 13.2. The van der Waals surface area contributed by atoms with Gasteiger partial charge >= 0.3 is 5.97 Å². The minimum absolute atomic E-state index is 0.302. The number of esters is 1. The molecule has 2 aromatic carbocycles. The van der Waals surface area contributed by atoms with Crippen molar-refractivity contribution in [3.05, 3.63) is 59.9 Å². The number of carbonyl (C=O) groups excluding carboxylic acids is 1. The lowest BCUT2D eigenvalue weighted by Gasteiger charge is -2.20. The van der Waals surface area contributed by atoms with Gasteiger partial charge in [-0.1, -0.05) is 30.3 Å². The molecule has 0 aliphatic rings. The van der Waals surface area contributed by atoms with Crippen LogP contribution in [0.1, 0.15) is 31.1 Å². The van der Waals surface area contributed by atoms with Crippen LogP contribution in [-0.4, -0.2) is 11.6 Å². The molecule has 2 aromatic rings. The maximum absolute atomic E-state index is 13.0. The molecule has 0 heterocycles. The predicted octanol–water partition coefficient (Wildman–Crippen LogP) is 4.45. The van der Waals surface area contributed by atoms with Crippen LogP contribution in [0.2, 0.25) is 0 Å². The van der Waals surface area contributed by atoms with Gasteiger partial charge in [-0.3, -0.25) is 0 Å². The Balaban J connectivity index is 2.40. The molecule has 0 aliphatic heterocycles. The number of halogens is 1. The minimum atomic E-state index is -0.549. The van der Waals surface area contributed by atoms with Gasteiger partial charge < -0.3 is 4.74 Å². The quantitative estimate of drug-likeness (QED) is 0.755. The fourth-order valence-corrected chi connectivity index (χ4v) is 1.88. The van der Waals surface area contributed by atoms with Crippen molar-refractivity contribution in [2.75, 3.05) is 0 Å². The van der Waals surface area contributed by atoms with Crippen molar-refractivity contribution in [2.45, 2.75) is 26.4 Å². The van der Waals surface area contributed by atoms with Gasteiger partial charge in [0.15, 0.2) is 0 Å². The van der Waals surface area contributed by atoms with Gasteiger partial charge in [-0.2, -0.15) is 0 Å². The van der Waals surface area contributed by atoms with Gasteiger partial charge in [-0.15, -0.1) is 0 Å². The highest BCUT2D eigenvalue weighted by Gasteiger charge is 2.20. The fraction of sp³-hybridized carbons (Fsp3) is 0.235. The van der Waals surface area contributed by atoms with E-state index < -0.39 is 5.60 Å². The third-order valence-corrected chi connectivity index (χ3v) is 2.70. The Bertz CT molecular complexity index is 610. The van der Waals surface area contributed by atoms with Crippen LogP contribution in [0.4, 0.5) is 4.39 Å². The number of hydrogen-bond acceptors (Lipinski definition) is 2. The van der Waals surface area contributed by atoms with E-state index in [0.717, 1.165) is 11.1 Å². The molecule has 0 saturated heterocycles. The first-order chi connectivity index (χ1) is 9.37. The molecule has 0 fully saturated rings. The van der Waals surface area contributed by atoms with Crippen LogP contribution in [0.3, 0.4) is 0 Å². The zero-order chi connectivity index (χ0) is 14.8. The summed E-state index contributed by atoms with van der Waals surface area (Å²) in [5.41, 5.74) is 1.45. The van der Waals surface area contributed by atoms with Crippen molar-refractivity contribution in [1.29, 1.82) is 0 Å². The summed E-state index contributed by atoms with van der Waals surface area (Å²) in [4.78, 5) is 12.2. The summed E-state index contributed by atoms with van der Waals surface area (Å²) >= 11 is 0. The molecule has 2 rings (SSSR count). The standard InChI is InChI=1S/C17H17FO2/c1-17(2,3)20-16(19)15-7-5-4-6-14(15)12-8-10-13(18)11-9-12/h4-11H,1-3H3. The van der Waals surface area contributed by atoms with Gasteiger partial charge in [0.05, 0.1) is 5.56 Å². The monoisotopic (exact) mass is 272 g/mol. The molecule has 0 atom stereocenters. The third-order valence-electron chi connectivity index (χ3n) is 2.70. The first kappa shape index (κ1) is 14.3. The molecular weight excluding hydrogens is 255 g/mol. The van der Waals surface area contributed by atoms with E-state index in [4.69, 9.17) is 4.74 Å². The van der Waals surface area contributed by atoms with Crippen LogP contribution in [0, 0.1) is 5.82 Å². The summed E-state index contributed by atoms with van der Waals surface area (Å²) in [5, 5.41) is 0. The Hall–Kier alpha value is -2.16. The Morgan fingerprint density at radius 3 is 2.20 bits per heavy atom. The minimum Gasteiger partial charge on any atom is -0.456 e. The van der Waals surface area contributed by atoms with Gasteiger partial charge in [0, 0.05) is 0 Å². The average molecular weight is 272 g/mol. The molecule has 0 amide bonds. The maximum atomic E-state index is 13.0. The van der Waals surface area contributed by atoms with E-state index in [2.05, 4.69) is 0 Å². The van der Waals surface area contributed by atoms with Crippen molar-refractivity contribution >= 4 is 5.97 Å². The van der Waals surface area contributed by atoms with Crippen LogP contribution < -0.4 is 0 Å². The number of rotatable bonds is 2. The molecular formula is C17H17FO2. The summed E-state index contributed by atoms with van der Waals surface area (Å²) in [6.45, 7) is 5.47. The Morgan fingerprint density at radius 1 is 1.00 bits per heavy atom. The Labute approximate surface area is 118 Å². The molecule has 0 aliphatic carbocycles. The SMILES string of the molecule is CC(C)(C)OC(=O)c1ccccc1-c1ccc(F)cc1.